The minimum Gasteiger partial charge on any atom is -0.338 e. The summed E-state index contributed by atoms with van der Waals surface area (Å²) in [6.07, 6.45) is 10.9. The van der Waals surface area contributed by atoms with Crippen LogP contribution in [0.25, 0.3) is 0 Å². The second-order valence-corrected chi connectivity index (χ2v) is 7.55. The van der Waals surface area contributed by atoms with Crippen LogP contribution < -0.4 is 0 Å². The van der Waals surface area contributed by atoms with E-state index in [0.717, 1.165) is 39.1 Å². The Labute approximate surface area is 148 Å². The molecule has 0 bridgehead atoms. The van der Waals surface area contributed by atoms with Crippen LogP contribution in [0.15, 0.2) is 36.9 Å². The molecule has 132 valence electrons. The van der Waals surface area contributed by atoms with Crippen molar-refractivity contribution in [1.82, 2.24) is 24.6 Å². The number of nitrogens with zero attached hydrogens (tertiary/aromatic N) is 5. The zero-order valence-electron chi connectivity index (χ0n) is 14.8. The van der Waals surface area contributed by atoms with Gasteiger partial charge in [-0.25, -0.2) is 0 Å². The van der Waals surface area contributed by atoms with Crippen LogP contribution in [0.5, 0.6) is 0 Å². The van der Waals surface area contributed by atoms with Crippen LogP contribution in [-0.2, 0) is 13.6 Å². The molecule has 2 saturated heterocycles. The van der Waals surface area contributed by atoms with Gasteiger partial charge in [0.15, 0.2) is 0 Å². The van der Waals surface area contributed by atoms with Crippen LogP contribution in [0.3, 0.4) is 0 Å². The summed E-state index contributed by atoms with van der Waals surface area (Å²) in [4.78, 5) is 21.4. The van der Waals surface area contributed by atoms with Crippen molar-refractivity contribution in [2.75, 3.05) is 26.2 Å². The van der Waals surface area contributed by atoms with Crippen LogP contribution in [0.2, 0.25) is 0 Å². The Hall–Kier alpha value is -2.21. The predicted octanol–water partition coefficient (Wildman–Crippen LogP) is 1.94. The SMILES string of the molecule is Cn1cc(CN2CCC3(CCCN(C(=O)c4cccnc4)C3)C2)cn1. The number of piperidine rings is 1. The van der Waals surface area contributed by atoms with E-state index in [2.05, 4.69) is 21.2 Å². The van der Waals surface area contributed by atoms with E-state index in [0.29, 0.717) is 5.56 Å². The van der Waals surface area contributed by atoms with Gasteiger partial charge in [0.25, 0.3) is 5.91 Å². The topological polar surface area (TPSA) is 54.3 Å². The first-order chi connectivity index (χ1) is 12.1. The predicted molar refractivity (Wildman–Crippen MR) is 94.9 cm³/mol. The summed E-state index contributed by atoms with van der Waals surface area (Å²) >= 11 is 0. The number of aromatic nitrogens is 3. The molecule has 2 aromatic heterocycles. The van der Waals surface area contributed by atoms with Crippen LogP contribution in [-0.4, -0.2) is 56.7 Å². The Morgan fingerprint density at radius 2 is 2.16 bits per heavy atom. The summed E-state index contributed by atoms with van der Waals surface area (Å²) in [5.74, 6) is 0.123. The fourth-order valence-corrected chi connectivity index (χ4v) is 4.36. The molecule has 2 aliphatic rings. The van der Waals surface area contributed by atoms with Crippen molar-refractivity contribution in [2.24, 2.45) is 12.5 Å². The van der Waals surface area contributed by atoms with E-state index < -0.39 is 0 Å². The number of likely N-dealkylation sites (tertiary alicyclic amines) is 2. The normalized spacial score (nSPS) is 24.1. The fraction of sp³-hybridized carbons (Fsp3) is 0.526. The van der Waals surface area contributed by atoms with E-state index in [1.807, 2.05) is 35.0 Å². The molecular weight excluding hydrogens is 314 g/mol. The summed E-state index contributed by atoms with van der Waals surface area (Å²) in [5.41, 5.74) is 2.21. The first-order valence-corrected chi connectivity index (χ1v) is 9.03. The third-order valence-corrected chi connectivity index (χ3v) is 5.54. The maximum absolute atomic E-state index is 12.8. The molecule has 4 rings (SSSR count). The van der Waals surface area contributed by atoms with Gasteiger partial charge >= 0.3 is 0 Å². The highest BCUT2D eigenvalue weighted by Crippen LogP contribution is 2.39. The number of amides is 1. The van der Waals surface area contributed by atoms with E-state index in [1.165, 1.54) is 18.4 Å². The zero-order valence-corrected chi connectivity index (χ0v) is 14.8. The van der Waals surface area contributed by atoms with E-state index in [4.69, 9.17) is 0 Å². The van der Waals surface area contributed by atoms with Gasteiger partial charge in [-0.3, -0.25) is 19.4 Å². The van der Waals surface area contributed by atoms with Gasteiger partial charge in [0, 0.05) is 62.8 Å². The van der Waals surface area contributed by atoms with Crippen molar-refractivity contribution < 1.29 is 4.79 Å². The van der Waals surface area contributed by atoms with Gasteiger partial charge in [-0.2, -0.15) is 5.10 Å². The molecular formula is C19H25N5O. The van der Waals surface area contributed by atoms with Gasteiger partial charge in [-0.05, 0) is 37.9 Å². The Morgan fingerprint density at radius 3 is 2.92 bits per heavy atom. The average molecular weight is 339 g/mol. The molecule has 6 nitrogen and oxygen atoms in total. The highest BCUT2D eigenvalue weighted by Gasteiger charge is 2.42. The lowest BCUT2D eigenvalue weighted by Gasteiger charge is -2.40. The lowest BCUT2D eigenvalue weighted by molar-refractivity contribution is 0.0526. The third-order valence-electron chi connectivity index (χ3n) is 5.54. The maximum atomic E-state index is 12.8. The summed E-state index contributed by atoms with van der Waals surface area (Å²) in [5, 5.41) is 4.26. The molecule has 0 aliphatic carbocycles. The highest BCUT2D eigenvalue weighted by molar-refractivity contribution is 5.94. The number of aryl methyl sites for hydroxylation is 1. The van der Waals surface area contributed by atoms with E-state index >= 15 is 0 Å². The summed E-state index contributed by atoms with van der Waals surface area (Å²) in [7, 11) is 1.96. The minimum absolute atomic E-state index is 0.123. The molecule has 0 N–H and O–H groups in total. The fourth-order valence-electron chi connectivity index (χ4n) is 4.36. The second-order valence-electron chi connectivity index (χ2n) is 7.55. The molecule has 1 atom stereocenters. The van der Waals surface area contributed by atoms with E-state index in [1.54, 1.807) is 12.4 Å². The molecule has 0 aromatic carbocycles. The molecule has 0 radical (unpaired) electrons. The average Bonchev–Trinajstić information content (AvgIpc) is 3.21. The second kappa shape index (κ2) is 6.59. The van der Waals surface area contributed by atoms with Crippen molar-refractivity contribution in [1.29, 1.82) is 0 Å². The van der Waals surface area contributed by atoms with E-state index in [-0.39, 0.29) is 11.3 Å². The Kier molecular flexibility index (Phi) is 4.29. The van der Waals surface area contributed by atoms with Gasteiger partial charge < -0.3 is 4.90 Å². The molecule has 1 unspecified atom stereocenters. The Morgan fingerprint density at radius 1 is 1.24 bits per heavy atom. The Bertz CT molecular complexity index is 743. The van der Waals surface area contributed by atoms with Gasteiger partial charge in [-0.1, -0.05) is 0 Å². The number of hydrogen-bond acceptors (Lipinski definition) is 4. The minimum atomic E-state index is 0.123. The van der Waals surface area contributed by atoms with Gasteiger partial charge in [0.1, 0.15) is 0 Å². The largest absolute Gasteiger partial charge is 0.338 e. The highest BCUT2D eigenvalue weighted by atomic mass is 16.2. The molecule has 1 amide bonds. The molecule has 2 fully saturated rings. The molecule has 2 aromatic rings. The Balaban J connectivity index is 1.41. The smallest absolute Gasteiger partial charge is 0.255 e. The summed E-state index contributed by atoms with van der Waals surface area (Å²) in [6.45, 7) is 4.84. The van der Waals surface area contributed by atoms with Gasteiger partial charge in [-0.15, -0.1) is 0 Å². The van der Waals surface area contributed by atoms with Crippen LogP contribution in [0.1, 0.15) is 35.2 Å². The summed E-state index contributed by atoms with van der Waals surface area (Å²) < 4.78 is 1.86. The standard InChI is InChI=1S/C19H25N5O/c1-22-12-16(10-21-22)13-23-9-6-19(14-23)5-3-8-24(15-19)18(25)17-4-2-7-20-11-17/h2,4,7,10-12H,3,5-6,8-9,13-15H2,1H3. The molecule has 0 saturated carbocycles. The van der Waals surface area contributed by atoms with Crippen LogP contribution >= 0.6 is 0 Å². The van der Waals surface area contributed by atoms with Crippen molar-refractivity contribution in [3.05, 3.63) is 48.0 Å². The quantitative estimate of drug-likeness (QED) is 0.858. The van der Waals surface area contributed by atoms with Crippen molar-refractivity contribution in [2.45, 2.75) is 25.8 Å². The molecule has 1 spiro atoms. The van der Waals surface area contributed by atoms with Crippen LogP contribution in [0.4, 0.5) is 0 Å². The molecule has 2 aliphatic heterocycles. The monoisotopic (exact) mass is 339 g/mol. The number of rotatable bonds is 3. The molecule has 6 heteroatoms. The van der Waals surface area contributed by atoms with Crippen molar-refractivity contribution in [3.8, 4) is 0 Å². The zero-order chi connectivity index (χ0) is 17.3. The van der Waals surface area contributed by atoms with Gasteiger partial charge in [0.2, 0.25) is 0 Å². The lowest BCUT2D eigenvalue weighted by atomic mass is 9.79. The van der Waals surface area contributed by atoms with Crippen molar-refractivity contribution >= 4 is 5.91 Å². The van der Waals surface area contributed by atoms with Crippen LogP contribution in [0, 0.1) is 5.41 Å². The van der Waals surface area contributed by atoms with Crippen molar-refractivity contribution in [3.63, 3.8) is 0 Å². The number of carbonyl (C=O) groups excluding carboxylic acids is 1. The first kappa shape index (κ1) is 16.3. The number of carbonyl (C=O) groups is 1. The molecule has 4 heterocycles. The third kappa shape index (κ3) is 3.44. The number of pyridine rings is 1. The maximum Gasteiger partial charge on any atom is 0.255 e. The number of hydrogen-bond donors (Lipinski definition) is 0. The first-order valence-electron chi connectivity index (χ1n) is 9.03. The van der Waals surface area contributed by atoms with Gasteiger partial charge in [0.05, 0.1) is 11.8 Å². The molecule has 25 heavy (non-hydrogen) atoms. The summed E-state index contributed by atoms with van der Waals surface area (Å²) in [6, 6.07) is 3.69. The van der Waals surface area contributed by atoms with E-state index in [9.17, 15) is 4.79 Å². The lowest BCUT2D eigenvalue weighted by Crippen LogP contribution is -2.47.